The van der Waals surface area contributed by atoms with E-state index in [0.29, 0.717) is 0 Å². The molecule has 0 aliphatic carbocycles. The molecule has 0 amide bonds. The van der Waals surface area contributed by atoms with E-state index in [4.69, 9.17) is 4.52 Å². The van der Waals surface area contributed by atoms with Crippen LogP contribution in [0.5, 0.6) is 0 Å². The molecule has 0 radical (unpaired) electrons. The van der Waals surface area contributed by atoms with Gasteiger partial charge in [0.2, 0.25) is 0 Å². The highest BCUT2D eigenvalue weighted by Gasteiger charge is 2.07. The Labute approximate surface area is 90.4 Å². The van der Waals surface area contributed by atoms with E-state index in [2.05, 4.69) is 12.1 Å². The van der Waals surface area contributed by atoms with Crippen molar-refractivity contribution in [3.05, 3.63) is 17.0 Å². The van der Waals surface area contributed by atoms with Gasteiger partial charge in [-0.05, 0) is 26.0 Å². The summed E-state index contributed by atoms with van der Waals surface area (Å²) in [6, 6.07) is 0. The van der Waals surface area contributed by atoms with Crippen molar-refractivity contribution >= 4 is 11.8 Å². The van der Waals surface area contributed by atoms with Gasteiger partial charge < -0.3 is 4.52 Å². The van der Waals surface area contributed by atoms with Gasteiger partial charge in [0.05, 0.1) is 5.69 Å². The van der Waals surface area contributed by atoms with E-state index in [1.165, 1.54) is 30.6 Å². The van der Waals surface area contributed by atoms with Crippen LogP contribution in [-0.4, -0.2) is 10.9 Å². The van der Waals surface area contributed by atoms with E-state index in [9.17, 15) is 0 Å². The van der Waals surface area contributed by atoms with Gasteiger partial charge in [0.25, 0.3) is 0 Å². The molecular weight excluding hydrogens is 194 g/mol. The summed E-state index contributed by atoms with van der Waals surface area (Å²) in [5.41, 5.74) is 2.33. The Balaban J connectivity index is 2.24. The van der Waals surface area contributed by atoms with E-state index in [1.54, 1.807) is 0 Å². The fourth-order valence-corrected chi connectivity index (χ4v) is 2.51. The van der Waals surface area contributed by atoms with Gasteiger partial charge in [-0.3, -0.25) is 0 Å². The van der Waals surface area contributed by atoms with Crippen LogP contribution in [0.2, 0.25) is 0 Å². The SMILES string of the molecule is CCCCCSCc1c(C)noc1C. The molecule has 0 aliphatic heterocycles. The Morgan fingerprint density at radius 2 is 2.07 bits per heavy atom. The zero-order chi connectivity index (χ0) is 10.4. The van der Waals surface area contributed by atoms with Crippen molar-refractivity contribution < 1.29 is 4.52 Å². The Hall–Kier alpha value is -0.440. The molecule has 1 rings (SSSR count). The summed E-state index contributed by atoms with van der Waals surface area (Å²) in [5, 5.41) is 3.94. The van der Waals surface area contributed by atoms with Crippen LogP contribution in [0.25, 0.3) is 0 Å². The molecule has 3 heteroatoms. The van der Waals surface area contributed by atoms with Crippen molar-refractivity contribution in [2.24, 2.45) is 0 Å². The maximum atomic E-state index is 5.11. The van der Waals surface area contributed by atoms with Crippen LogP contribution < -0.4 is 0 Å². The number of aryl methyl sites for hydroxylation is 2. The predicted molar refractivity (Wildman–Crippen MR) is 61.7 cm³/mol. The zero-order valence-electron chi connectivity index (χ0n) is 9.30. The number of aromatic nitrogens is 1. The number of nitrogens with zero attached hydrogens (tertiary/aromatic N) is 1. The summed E-state index contributed by atoms with van der Waals surface area (Å²) in [4.78, 5) is 0. The number of unbranched alkanes of at least 4 members (excludes halogenated alkanes) is 2. The highest BCUT2D eigenvalue weighted by atomic mass is 32.2. The highest BCUT2D eigenvalue weighted by molar-refractivity contribution is 7.98. The number of rotatable bonds is 6. The Morgan fingerprint density at radius 1 is 1.29 bits per heavy atom. The van der Waals surface area contributed by atoms with Crippen molar-refractivity contribution in [1.29, 1.82) is 0 Å². The smallest absolute Gasteiger partial charge is 0.137 e. The van der Waals surface area contributed by atoms with Crippen LogP contribution in [0.4, 0.5) is 0 Å². The lowest BCUT2D eigenvalue weighted by atomic mass is 10.2. The lowest BCUT2D eigenvalue weighted by molar-refractivity contribution is 0.392. The van der Waals surface area contributed by atoms with E-state index in [1.807, 2.05) is 25.6 Å². The Bertz CT molecular complexity index is 251. The number of hydrogen-bond acceptors (Lipinski definition) is 3. The van der Waals surface area contributed by atoms with Gasteiger partial charge in [0.15, 0.2) is 0 Å². The quantitative estimate of drug-likeness (QED) is 0.674. The van der Waals surface area contributed by atoms with Crippen molar-refractivity contribution in [3.63, 3.8) is 0 Å². The normalized spacial score (nSPS) is 10.8. The lowest BCUT2D eigenvalue weighted by Crippen LogP contribution is -1.87. The first-order chi connectivity index (χ1) is 6.75. The molecule has 0 N–H and O–H groups in total. The van der Waals surface area contributed by atoms with Crippen LogP contribution in [0.3, 0.4) is 0 Å². The molecule has 0 spiro atoms. The lowest BCUT2D eigenvalue weighted by Gasteiger charge is -2.00. The van der Waals surface area contributed by atoms with E-state index in [0.717, 1.165) is 17.2 Å². The molecule has 0 fully saturated rings. The third-order valence-corrected chi connectivity index (χ3v) is 3.39. The molecule has 0 saturated heterocycles. The second kappa shape index (κ2) is 6.12. The van der Waals surface area contributed by atoms with Gasteiger partial charge >= 0.3 is 0 Å². The molecule has 1 heterocycles. The third-order valence-electron chi connectivity index (χ3n) is 2.32. The molecule has 0 unspecified atom stereocenters. The summed E-state index contributed by atoms with van der Waals surface area (Å²) in [7, 11) is 0. The van der Waals surface area contributed by atoms with Crippen LogP contribution in [-0.2, 0) is 5.75 Å². The van der Waals surface area contributed by atoms with Crippen molar-refractivity contribution in [1.82, 2.24) is 5.16 Å². The van der Waals surface area contributed by atoms with Crippen LogP contribution in [0.15, 0.2) is 4.52 Å². The average molecular weight is 213 g/mol. The van der Waals surface area contributed by atoms with Gasteiger partial charge in [-0.25, -0.2) is 0 Å². The minimum absolute atomic E-state index is 0.977. The monoisotopic (exact) mass is 213 g/mol. The molecule has 0 bridgehead atoms. The summed E-state index contributed by atoms with van der Waals surface area (Å²) in [6.07, 6.45) is 3.96. The van der Waals surface area contributed by atoms with Crippen LogP contribution in [0, 0.1) is 13.8 Å². The van der Waals surface area contributed by atoms with Gasteiger partial charge in [-0.2, -0.15) is 11.8 Å². The fourth-order valence-electron chi connectivity index (χ4n) is 1.34. The Morgan fingerprint density at radius 3 is 2.64 bits per heavy atom. The average Bonchev–Trinajstić information content (AvgIpc) is 2.48. The first-order valence-corrected chi connectivity index (χ1v) is 6.40. The summed E-state index contributed by atoms with van der Waals surface area (Å²) >= 11 is 1.98. The molecule has 0 aromatic carbocycles. The Kier molecular flexibility index (Phi) is 5.09. The topological polar surface area (TPSA) is 26.0 Å². The van der Waals surface area contributed by atoms with Gasteiger partial charge in [0.1, 0.15) is 5.76 Å². The highest BCUT2D eigenvalue weighted by Crippen LogP contribution is 2.20. The number of thioether (sulfide) groups is 1. The first-order valence-electron chi connectivity index (χ1n) is 5.25. The second-order valence-corrected chi connectivity index (χ2v) is 4.67. The van der Waals surface area contributed by atoms with Gasteiger partial charge in [0, 0.05) is 11.3 Å². The molecule has 0 saturated carbocycles. The van der Waals surface area contributed by atoms with Crippen molar-refractivity contribution in [2.75, 3.05) is 5.75 Å². The summed E-state index contributed by atoms with van der Waals surface area (Å²) in [6.45, 7) is 6.24. The van der Waals surface area contributed by atoms with Crippen molar-refractivity contribution in [3.8, 4) is 0 Å². The van der Waals surface area contributed by atoms with E-state index < -0.39 is 0 Å². The number of hydrogen-bond donors (Lipinski definition) is 0. The zero-order valence-corrected chi connectivity index (χ0v) is 10.1. The molecule has 0 aliphatic rings. The molecular formula is C11H19NOS. The summed E-state index contributed by atoms with van der Waals surface area (Å²) < 4.78 is 5.11. The van der Waals surface area contributed by atoms with E-state index >= 15 is 0 Å². The molecule has 80 valence electrons. The largest absolute Gasteiger partial charge is 0.361 e. The summed E-state index contributed by atoms with van der Waals surface area (Å²) in [5.74, 6) is 3.27. The molecule has 1 aromatic rings. The van der Waals surface area contributed by atoms with Crippen molar-refractivity contribution in [2.45, 2.75) is 45.8 Å². The van der Waals surface area contributed by atoms with Gasteiger partial charge in [-0.1, -0.05) is 24.9 Å². The minimum Gasteiger partial charge on any atom is -0.361 e. The molecule has 14 heavy (non-hydrogen) atoms. The maximum absolute atomic E-state index is 5.11. The minimum atomic E-state index is 0.977. The van der Waals surface area contributed by atoms with E-state index in [-0.39, 0.29) is 0 Å². The first kappa shape index (κ1) is 11.6. The van der Waals surface area contributed by atoms with Crippen LogP contribution >= 0.6 is 11.8 Å². The third kappa shape index (κ3) is 3.37. The molecule has 1 aromatic heterocycles. The fraction of sp³-hybridized carbons (Fsp3) is 0.727. The standard InChI is InChI=1S/C11H19NOS/c1-4-5-6-7-14-8-11-9(2)12-13-10(11)3/h4-8H2,1-3H3. The maximum Gasteiger partial charge on any atom is 0.137 e. The second-order valence-electron chi connectivity index (χ2n) is 3.56. The molecule has 0 atom stereocenters. The molecule has 2 nitrogen and oxygen atoms in total. The van der Waals surface area contributed by atoms with Gasteiger partial charge in [-0.15, -0.1) is 0 Å². The van der Waals surface area contributed by atoms with Crippen LogP contribution in [0.1, 0.15) is 43.2 Å². The predicted octanol–water partition coefficient (Wildman–Crippen LogP) is 3.71.